The van der Waals surface area contributed by atoms with E-state index in [1.165, 1.54) is 0 Å². The second-order valence-electron chi connectivity index (χ2n) is 3.38. The largest absolute Gasteiger partial charge is 0.417 e. The number of hydrogen-bond donors (Lipinski definition) is 0. The van der Waals surface area contributed by atoms with Crippen LogP contribution in [0.2, 0.25) is 0 Å². The number of carbonyl (C=O) groups is 3. The molecular formula is C10H14O5. The highest BCUT2D eigenvalue weighted by Crippen LogP contribution is 2.13. The smallest absolute Gasteiger partial charge is 0.309 e. The summed E-state index contributed by atoms with van der Waals surface area (Å²) in [5.74, 6) is -1.34. The van der Waals surface area contributed by atoms with Crippen LogP contribution in [0.15, 0.2) is 0 Å². The summed E-state index contributed by atoms with van der Waals surface area (Å²) >= 11 is 0. The van der Waals surface area contributed by atoms with Crippen molar-refractivity contribution < 1.29 is 23.9 Å². The predicted molar refractivity (Wildman–Crippen MR) is 49.7 cm³/mol. The molecule has 1 saturated heterocycles. The van der Waals surface area contributed by atoms with Crippen LogP contribution in [0.3, 0.4) is 0 Å². The molecule has 0 spiro atoms. The number of hydrogen-bond acceptors (Lipinski definition) is 5. The van der Waals surface area contributed by atoms with Crippen LogP contribution in [0, 0.1) is 0 Å². The van der Waals surface area contributed by atoms with Crippen LogP contribution >= 0.6 is 0 Å². The fourth-order valence-corrected chi connectivity index (χ4v) is 1.24. The number of Topliss-reactive ketones (excluding diaryl/α,β-unsaturated/α-hetero) is 1. The summed E-state index contributed by atoms with van der Waals surface area (Å²) in [6.07, 6.45) is 0.414. The Bertz CT molecular complexity index is 271. The summed E-state index contributed by atoms with van der Waals surface area (Å²) in [6, 6.07) is 0. The number of ether oxygens (including phenoxy) is 2. The Morgan fingerprint density at radius 3 is 2.87 bits per heavy atom. The minimum Gasteiger partial charge on any atom is -0.417 e. The second kappa shape index (κ2) is 5.48. The minimum atomic E-state index is -1.32. The zero-order valence-electron chi connectivity index (χ0n) is 8.65. The number of carbonyl (C=O) groups excluding carboxylic acids is 3. The monoisotopic (exact) mass is 214 g/mol. The van der Waals surface area contributed by atoms with Gasteiger partial charge in [0.1, 0.15) is 0 Å². The van der Waals surface area contributed by atoms with E-state index in [0.717, 1.165) is 0 Å². The van der Waals surface area contributed by atoms with Crippen molar-refractivity contribution in [1.29, 1.82) is 0 Å². The first-order valence-electron chi connectivity index (χ1n) is 5.05. The van der Waals surface area contributed by atoms with E-state index in [-0.39, 0.29) is 25.0 Å². The van der Waals surface area contributed by atoms with Crippen molar-refractivity contribution in [3.63, 3.8) is 0 Å². The summed E-state index contributed by atoms with van der Waals surface area (Å²) in [5.41, 5.74) is 0. The maximum atomic E-state index is 11.3. The lowest BCUT2D eigenvalue weighted by Crippen LogP contribution is -2.30. The van der Waals surface area contributed by atoms with Gasteiger partial charge in [0.15, 0.2) is 0 Å². The average molecular weight is 214 g/mol. The van der Waals surface area contributed by atoms with Crippen LogP contribution in [-0.4, -0.2) is 24.0 Å². The molecule has 5 heteroatoms. The third-order valence-corrected chi connectivity index (χ3v) is 2.00. The van der Waals surface area contributed by atoms with Crippen molar-refractivity contribution in [2.24, 2.45) is 0 Å². The molecule has 1 atom stereocenters. The normalized spacial score (nSPS) is 21.8. The maximum Gasteiger partial charge on any atom is 0.309 e. The van der Waals surface area contributed by atoms with Gasteiger partial charge in [-0.25, -0.2) is 0 Å². The van der Waals surface area contributed by atoms with Gasteiger partial charge in [0.05, 0.1) is 0 Å². The molecule has 0 saturated carbocycles. The van der Waals surface area contributed by atoms with E-state index >= 15 is 0 Å². The molecule has 0 radical (unpaired) electrons. The summed E-state index contributed by atoms with van der Waals surface area (Å²) in [5, 5.41) is 0. The Kier molecular flexibility index (Phi) is 4.27. The maximum absolute atomic E-state index is 11.3. The van der Waals surface area contributed by atoms with Crippen molar-refractivity contribution in [1.82, 2.24) is 0 Å². The zero-order valence-corrected chi connectivity index (χ0v) is 8.65. The molecule has 0 aromatic heterocycles. The lowest BCUT2D eigenvalue weighted by Gasteiger charge is -2.13. The van der Waals surface area contributed by atoms with Gasteiger partial charge in [0.2, 0.25) is 5.78 Å². The summed E-state index contributed by atoms with van der Waals surface area (Å²) in [4.78, 5) is 33.5. The molecule has 0 N–H and O–H groups in total. The van der Waals surface area contributed by atoms with Gasteiger partial charge >= 0.3 is 18.2 Å². The number of cyclic esters (lactones) is 1. The molecule has 1 heterocycles. The molecule has 1 rings (SSSR count). The Morgan fingerprint density at radius 1 is 1.47 bits per heavy atom. The fraction of sp³-hybridized carbons (Fsp3) is 0.700. The van der Waals surface area contributed by atoms with Crippen LogP contribution in [0.4, 0.5) is 0 Å². The van der Waals surface area contributed by atoms with Crippen LogP contribution in [-0.2, 0) is 23.9 Å². The third-order valence-electron chi connectivity index (χ3n) is 2.00. The zero-order chi connectivity index (χ0) is 11.3. The number of esters is 2. The van der Waals surface area contributed by atoms with E-state index in [4.69, 9.17) is 9.47 Å². The molecule has 1 fully saturated rings. The Morgan fingerprint density at radius 2 is 2.20 bits per heavy atom. The van der Waals surface area contributed by atoms with Crippen LogP contribution < -0.4 is 0 Å². The molecule has 0 bridgehead atoms. The molecular weight excluding hydrogens is 200 g/mol. The average Bonchev–Trinajstić information content (AvgIpc) is 2.30. The quantitative estimate of drug-likeness (QED) is 0.654. The summed E-state index contributed by atoms with van der Waals surface area (Å²) in [6.45, 7) is 1.82. The van der Waals surface area contributed by atoms with E-state index in [0.29, 0.717) is 12.8 Å². The SMILES string of the molecule is CCCC(=O)OC1OC(=O)CCCC1=O. The van der Waals surface area contributed by atoms with Crippen LogP contribution in [0.5, 0.6) is 0 Å². The molecule has 1 aliphatic heterocycles. The molecule has 84 valence electrons. The summed E-state index contributed by atoms with van der Waals surface area (Å²) in [7, 11) is 0. The molecule has 0 aliphatic carbocycles. The van der Waals surface area contributed by atoms with Gasteiger partial charge in [0.25, 0.3) is 0 Å². The van der Waals surface area contributed by atoms with Crippen molar-refractivity contribution in [2.75, 3.05) is 0 Å². The van der Waals surface area contributed by atoms with Gasteiger partial charge in [-0.3, -0.25) is 14.4 Å². The van der Waals surface area contributed by atoms with Crippen molar-refractivity contribution in [3.05, 3.63) is 0 Å². The Balaban J connectivity index is 2.53. The summed E-state index contributed by atoms with van der Waals surface area (Å²) < 4.78 is 9.47. The molecule has 15 heavy (non-hydrogen) atoms. The molecule has 5 nitrogen and oxygen atoms in total. The van der Waals surface area contributed by atoms with Gasteiger partial charge in [-0.05, 0) is 12.8 Å². The Labute approximate surface area is 87.7 Å². The second-order valence-corrected chi connectivity index (χ2v) is 3.38. The standard InChI is InChI=1S/C10H14O5/c1-2-4-8(12)14-10-7(11)5-3-6-9(13)15-10/h10H,2-6H2,1H3. The van der Waals surface area contributed by atoms with Crippen molar-refractivity contribution in [3.8, 4) is 0 Å². The first-order valence-corrected chi connectivity index (χ1v) is 5.05. The van der Waals surface area contributed by atoms with Gasteiger partial charge < -0.3 is 9.47 Å². The van der Waals surface area contributed by atoms with E-state index < -0.39 is 18.2 Å². The highest BCUT2D eigenvalue weighted by Gasteiger charge is 2.29. The van der Waals surface area contributed by atoms with E-state index in [2.05, 4.69) is 0 Å². The van der Waals surface area contributed by atoms with Gasteiger partial charge in [-0.15, -0.1) is 0 Å². The lowest BCUT2D eigenvalue weighted by atomic mass is 10.2. The highest BCUT2D eigenvalue weighted by molar-refractivity contribution is 5.88. The molecule has 1 aliphatic rings. The molecule has 0 aromatic rings. The van der Waals surface area contributed by atoms with Gasteiger partial charge in [-0.1, -0.05) is 6.92 Å². The predicted octanol–water partition coefficient (Wildman–Crippen LogP) is 0.952. The Hall–Kier alpha value is -1.39. The lowest BCUT2D eigenvalue weighted by molar-refractivity contribution is -0.189. The van der Waals surface area contributed by atoms with E-state index in [1.807, 2.05) is 6.92 Å². The van der Waals surface area contributed by atoms with Gasteiger partial charge in [-0.2, -0.15) is 0 Å². The third kappa shape index (κ3) is 3.69. The molecule has 1 unspecified atom stereocenters. The first-order chi connectivity index (χ1) is 7.13. The van der Waals surface area contributed by atoms with E-state index in [9.17, 15) is 14.4 Å². The molecule has 0 amide bonds. The topological polar surface area (TPSA) is 69.7 Å². The van der Waals surface area contributed by atoms with E-state index in [1.54, 1.807) is 0 Å². The van der Waals surface area contributed by atoms with Crippen LogP contribution in [0.25, 0.3) is 0 Å². The highest BCUT2D eigenvalue weighted by atomic mass is 16.7. The van der Waals surface area contributed by atoms with Crippen molar-refractivity contribution in [2.45, 2.75) is 45.3 Å². The number of ketones is 1. The fourth-order valence-electron chi connectivity index (χ4n) is 1.24. The molecule has 0 aromatic carbocycles. The van der Waals surface area contributed by atoms with Crippen molar-refractivity contribution >= 4 is 17.7 Å². The first kappa shape index (κ1) is 11.7. The number of rotatable bonds is 3. The van der Waals surface area contributed by atoms with Gasteiger partial charge in [0, 0.05) is 19.3 Å². The van der Waals surface area contributed by atoms with Crippen LogP contribution in [0.1, 0.15) is 39.0 Å². The minimum absolute atomic E-state index is 0.202.